The van der Waals surface area contributed by atoms with Gasteiger partial charge in [-0.15, -0.1) is 11.3 Å². The lowest BCUT2D eigenvalue weighted by Crippen LogP contribution is -2.27. The van der Waals surface area contributed by atoms with Crippen molar-refractivity contribution >= 4 is 45.8 Å². The summed E-state index contributed by atoms with van der Waals surface area (Å²) in [5, 5.41) is 6.53. The molecule has 0 radical (unpaired) electrons. The van der Waals surface area contributed by atoms with Gasteiger partial charge in [-0.1, -0.05) is 23.4 Å². The van der Waals surface area contributed by atoms with Gasteiger partial charge in [0.05, 0.1) is 6.54 Å². The molecule has 0 atom stereocenters. The lowest BCUT2D eigenvalue weighted by molar-refractivity contribution is 0.0973. The molecule has 8 heteroatoms. The van der Waals surface area contributed by atoms with Crippen molar-refractivity contribution in [3.63, 3.8) is 0 Å². The molecule has 1 amide bonds. The second-order valence-electron chi connectivity index (χ2n) is 4.36. The summed E-state index contributed by atoms with van der Waals surface area (Å²) in [5.74, 6) is 1.39. The summed E-state index contributed by atoms with van der Waals surface area (Å²) in [7, 11) is 0. The van der Waals surface area contributed by atoms with E-state index in [0.717, 1.165) is 17.3 Å². The van der Waals surface area contributed by atoms with Crippen LogP contribution in [0.2, 0.25) is 5.02 Å². The number of halogens is 1. The van der Waals surface area contributed by atoms with Gasteiger partial charge in [0.25, 0.3) is 5.91 Å². The Balaban J connectivity index is 1.56. The van der Waals surface area contributed by atoms with Gasteiger partial charge in [0.2, 0.25) is 0 Å². The van der Waals surface area contributed by atoms with Crippen molar-refractivity contribution in [2.45, 2.75) is 6.61 Å². The summed E-state index contributed by atoms with van der Waals surface area (Å²) in [6.07, 6.45) is 0. The van der Waals surface area contributed by atoms with Crippen molar-refractivity contribution in [1.29, 1.82) is 0 Å². The molecule has 0 bridgehead atoms. The normalized spacial score (nSPS) is 13.8. The molecule has 114 valence electrons. The molecule has 2 aromatic rings. The van der Waals surface area contributed by atoms with Gasteiger partial charge < -0.3 is 4.74 Å². The Morgan fingerprint density at radius 1 is 1.36 bits per heavy atom. The number of aliphatic imine (C=N–C) groups is 1. The number of hydrogen-bond acceptors (Lipinski definition) is 6. The second-order valence-corrected chi connectivity index (χ2v) is 6.82. The molecule has 0 saturated carbocycles. The number of carbonyl (C=O) groups excluding carboxylic acids is 1. The largest absolute Gasteiger partial charge is 0.486 e. The van der Waals surface area contributed by atoms with Crippen molar-refractivity contribution in [2.24, 2.45) is 4.99 Å². The number of thiazole rings is 1. The minimum absolute atomic E-state index is 0.234. The Hall–Kier alpha value is -1.57. The van der Waals surface area contributed by atoms with E-state index in [4.69, 9.17) is 16.3 Å². The number of aromatic nitrogens is 1. The Morgan fingerprint density at radius 3 is 2.91 bits per heavy atom. The molecule has 0 aliphatic carbocycles. The highest BCUT2D eigenvalue weighted by Crippen LogP contribution is 2.18. The van der Waals surface area contributed by atoms with E-state index in [1.807, 2.05) is 0 Å². The van der Waals surface area contributed by atoms with Gasteiger partial charge in [-0.3, -0.25) is 15.1 Å². The highest BCUT2D eigenvalue weighted by atomic mass is 35.5. The Labute approximate surface area is 140 Å². The summed E-state index contributed by atoms with van der Waals surface area (Å²) in [4.78, 5) is 20.5. The number of rotatable bonds is 4. The molecule has 0 unspecified atom stereocenters. The number of thioether (sulfide) groups is 1. The van der Waals surface area contributed by atoms with Crippen molar-refractivity contribution in [1.82, 2.24) is 10.3 Å². The van der Waals surface area contributed by atoms with E-state index in [9.17, 15) is 4.79 Å². The third kappa shape index (κ3) is 4.00. The van der Waals surface area contributed by atoms with Crippen molar-refractivity contribution in [2.75, 3.05) is 12.3 Å². The lowest BCUT2D eigenvalue weighted by atomic mass is 10.3. The van der Waals surface area contributed by atoms with Crippen LogP contribution in [0, 0.1) is 0 Å². The summed E-state index contributed by atoms with van der Waals surface area (Å²) in [6.45, 7) is 1.06. The minimum Gasteiger partial charge on any atom is -0.486 e. The van der Waals surface area contributed by atoms with Gasteiger partial charge in [-0.05, 0) is 24.3 Å². The topological polar surface area (TPSA) is 63.6 Å². The molecular formula is C14H12ClN3O2S2. The highest BCUT2D eigenvalue weighted by molar-refractivity contribution is 8.14. The molecule has 0 fully saturated rings. The maximum absolute atomic E-state index is 12.0. The number of amides is 1. The fourth-order valence-electron chi connectivity index (χ4n) is 1.73. The molecule has 1 N–H and O–H groups in total. The van der Waals surface area contributed by atoms with Crippen LogP contribution in [0.25, 0.3) is 0 Å². The SMILES string of the molecule is O=C(NC1=NCCS1)c1csc(COc2ccc(Cl)cc2)n1. The van der Waals surface area contributed by atoms with E-state index in [1.165, 1.54) is 23.1 Å². The number of benzene rings is 1. The van der Waals surface area contributed by atoms with E-state index in [2.05, 4.69) is 15.3 Å². The third-order valence-corrected chi connectivity index (χ3v) is 4.73. The lowest BCUT2D eigenvalue weighted by Gasteiger charge is -2.03. The standard InChI is InChI=1S/C14H12ClN3O2S2/c15-9-1-3-10(4-2-9)20-7-12-17-11(8-22-12)13(19)18-14-16-5-6-21-14/h1-4,8H,5-7H2,(H,16,18,19). The molecule has 2 heterocycles. The Morgan fingerprint density at radius 2 is 2.18 bits per heavy atom. The van der Waals surface area contributed by atoms with Crippen LogP contribution in [0.15, 0.2) is 34.6 Å². The number of amidine groups is 1. The van der Waals surface area contributed by atoms with E-state index in [-0.39, 0.29) is 5.91 Å². The molecule has 0 spiro atoms. The molecule has 5 nitrogen and oxygen atoms in total. The van der Waals surface area contributed by atoms with Crippen molar-refractivity contribution in [3.8, 4) is 5.75 Å². The zero-order valence-corrected chi connectivity index (χ0v) is 13.8. The smallest absolute Gasteiger partial charge is 0.276 e. The van der Waals surface area contributed by atoms with Crippen LogP contribution >= 0.6 is 34.7 Å². The predicted octanol–water partition coefficient (Wildman–Crippen LogP) is 3.21. The van der Waals surface area contributed by atoms with Crippen LogP contribution < -0.4 is 10.1 Å². The summed E-state index contributed by atoms with van der Waals surface area (Å²) in [6, 6.07) is 7.10. The van der Waals surface area contributed by atoms with Crippen molar-refractivity contribution < 1.29 is 9.53 Å². The van der Waals surface area contributed by atoms with Gasteiger partial charge in [-0.2, -0.15) is 0 Å². The van der Waals surface area contributed by atoms with Crippen LogP contribution in [0.1, 0.15) is 15.5 Å². The molecule has 1 aromatic carbocycles. The van der Waals surface area contributed by atoms with E-state index < -0.39 is 0 Å². The number of hydrogen-bond donors (Lipinski definition) is 1. The van der Waals surface area contributed by atoms with Crippen LogP contribution in [-0.2, 0) is 6.61 Å². The third-order valence-electron chi connectivity index (χ3n) is 2.77. The first-order chi connectivity index (χ1) is 10.7. The van der Waals surface area contributed by atoms with Gasteiger partial charge in [0.1, 0.15) is 23.1 Å². The zero-order chi connectivity index (χ0) is 15.4. The van der Waals surface area contributed by atoms with E-state index >= 15 is 0 Å². The predicted molar refractivity (Wildman–Crippen MR) is 90.1 cm³/mol. The first-order valence-electron chi connectivity index (χ1n) is 6.52. The van der Waals surface area contributed by atoms with Crippen molar-refractivity contribution in [3.05, 3.63) is 45.4 Å². The first kappa shape index (κ1) is 15.3. The Kier molecular flexibility index (Phi) is 4.97. The summed E-state index contributed by atoms with van der Waals surface area (Å²) < 4.78 is 5.60. The number of nitrogens with one attached hydrogen (secondary N) is 1. The number of ether oxygens (including phenoxy) is 1. The van der Waals surface area contributed by atoms with E-state index in [0.29, 0.717) is 28.2 Å². The quantitative estimate of drug-likeness (QED) is 0.916. The second kappa shape index (κ2) is 7.13. The molecule has 1 aliphatic heterocycles. The fraction of sp³-hybridized carbons (Fsp3) is 0.214. The molecule has 22 heavy (non-hydrogen) atoms. The maximum atomic E-state index is 12.0. The fourth-order valence-corrected chi connectivity index (χ4v) is 3.26. The van der Waals surface area contributed by atoms with Crippen LogP contribution in [0.4, 0.5) is 0 Å². The molecule has 1 aliphatic rings. The molecular weight excluding hydrogens is 342 g/mol. The van der Waals surface area contributed by atoms with Crippen LogP contribution in [-0.4, -0.2) is 28.4 Å². The molecule has 0 saturated heterocycles. The van der Waals surface area contributed by atoms with Crippen LogP contribution in [0.5, 0.6) is 5.75 Å². The first-order valence-corrected chi connectivity index (χ1v) is 8.76. The minimum atomic E-state index is -0.234. The summed E-state index contributed by atoms with van der Waals surface area (Å²) in [5.41, 5.74) is 0.384. The summed E-state index contributed by atoms with van der Waals surface area (Å²) >= 11 is 8.74. The van der Waals surface area contributed by atoms with E-state index in [1.54, 1.807) is 29.6 Å². The highest BCUT2D eigenvalue weighted by Gasteiger charge is 2.15. The molecule has 1 aromatic heterocycles. The van der Waals surface area contributed by atoms with Gasteiger partial charge in [-0.25, -0.2) is 4.98 Å². The Bertz CT molecular complexity index is 700. The average molecular weight is 354 g/mol. The number of nitrogens with zero attached hydrogens (tertiary/aromatic N) is 2. The maximum Gasteiger partial charge on any atom is 0.276 e. The van der Waals surface area contributed by atoms with Gasteiger partial charge >= 0.3 is 0 Å². The monoisotopic (exact) mass is 353 g/mol. The molecule has 3 rings (SSSR count). The van der Waals surface area contributed by atoms with Gasteiger partial charge in [0.15, 0.2) is 5.17 Å². The zero-order valence-electron chi connectivity index (χ0n) is 11.4. The van der Waals surface area contributed by atoms with Crippen LogP contribution in [0.3, 0.4) is 0 Å². The average Bonchev–Trinajstić information content (AvgIpc) is 3.18. The van der Waals surface area contributed by atoms with Gasteiger partial charge in [0, 0.05) is 16.2 Å². The number of carbonyl (C=O) groups is 1.